The van der Waals surface area contributed by atoms with E-state index in [2.05, 4.69) is 22.4 Å². The van der Waals surface area contributed by atoms with Gasteiger partial charge >= 0.3 is 0 Å². The van der Waals surface area contributed by atoms with Crippen LogP contribution in [0.5, 0.6) is 0 Å². The maximum Gasteiger partial charge on any atom is 0.243 e. The fourth-order valence-electron chi connectivity index (χ4n) is 2.47. The average Bonchev–Trinajstić information content (AvgIpc) is 3.03. The molecule has 0 aliphatic carbocycles. The van der Waals surface area contributed by atoms with Gasteiger partial charge in [0.1, 0.15) is 0 Å². The van der Waals surface area contributed by atoms with E-state index >= 15 is 0 Å². The molecule has 0 spiro atoms. The predicted octanol–water partition coefficient (Wildman–Crippen LogP) is 3.40. The maximum absolute atomic E-state index is 5.32. The van der Waals surface area contributed by atoms with Gasteiger partial charge in [0.2, 0.25) is 5.89 Å². The number of aryl methyl sites for hydroxylation is 1. The van der Waals surface area contributed by atoms with Gasteiger partial charge in [-0.2, -0.15) is 4.98 Å². The number of hydrogen-bond donors (Lipinski definition) is 1. The molecule has 2 rings (SSSR count). The molecule has 1 fully saturated rings. The number of unbranched alkanes of at least 4 members (excludes halogenated alkanes) is 5. The molecule has 1 N–H and O–H groups in total. The fourth-order valence-corrected chi connectivity index (χ4v) is 2.47. The van der Waals surface area contributed by atoms with Crippen LogP contribution in [-0.4, -0.2) is 16.7 Å². The Morgan fingerprint density at radius 2 is 2.06 bits per heavy atom. The van der Waals surface area contributed by atoms with Crippen molar-refractivity contribution in [3.63, 3.8) is 0 Å². The van der Waals surface area contributed by atoms with Gasteiger partial charge in [-0.25, -0.2) is 0 Å². The van der Waals surface area contributed by atoms with E-state index in [1.54, 1.807) is 0 Å². The van der Waals surface area contributed by atoms with Gasteiger partial charge < -0.3 is 9.84 Å². The van der Waals surface area contributed by atoms with E-state index in [0.29, 0.717) is 6.04 Å². The third-order valence-electron chi connectivity index (χ3n) is 3.60. The van der Waals surface area contributed by atoms with Gasteiger partial charge in [-0.05, 0) is 25.8 Å². The summed E-state index contributed by atoms with van der Waals surface area (Å²) in [5, 5.41) is 7.45. The number of aromatic nitrogens is 2. The Kier molecular flexibility index (Phi) is 5.65. The quantitative estimate of drug-likeness (QED) is 0.719. The van der Waals surface area contributed by atoms with Crippen molar-refractivity contribution in [2.75, 3.05) is 6.54 Å². The van der Waals surface area contributed by atoms with Crippen LogP contribution in [0.1, 0.15) is 76.0 Å². The van der Waals surface area contributed by atoms with Crippen LogP contribution in [0.25, 0.3) is 0 Å². The molecule has 0 bridgehead atoms. The van der Waals surface area contributed by atoms with Crippen molar-refractivity contribution in [3.8, 4) is 0 Å². The van der Waals surface area contributed by atoms with Gasteiger partial charge in [0.05, 0.1) is 6.04 Å². The van der Waals surface area contributed by atoms with E-state index in [1.807, 2.05) is 0 Å². The van der Waals surface area contributed by atoms with E-state index in [9.17, 15) is 0 Å². The third kappa shape index (κ3) is 4.09. The summed E-state index contributed by atoms with van der Waals surface area (Å²) in [7, 11) is 0. The molecule has 1 atom stereocenters. The van der Waals surface area contributed by atoms with Crippen molar-refractivity contribution in [2.24, 2.45) is 0 Å². The average molecular weight is 251 g/mol. The highest BCUT2D eigenvalue weighted by molar-refractivity contribution is 4.95. The Bertz CT molecular complexity index is 332. The number of nitrogens with one attached hydrogen (secondary N) is 1. The summed E-state index contributed by atoms with van der Waals surface area (Å²) in [4.78, 5) is 4.49. The first-order valence-electron chi connectivity index (χ1n) is 7.46. The Morgan fingerprint density at radius 3 is 2.83 bits per heavy atom. The molecule has 2 heterocycles. The molecule has 1 aromatic heterocycles. The molecule has 1 unspecified atom stereocenters. The maximum atomic E-state index is 5.32. The van der Waals surface area contributed by atoms with Gasteiger partial charge in [-0.3, -0.25) is 0 Å². The number of nitrogens with zero attached hydrogens (tertiary/aromatic N) is 2. The Labute approximate surface area is 110 Å². The standard InChI is InChI=1S/C14H25N3O/c1-2-3-4-5-6-7-10-13-16-14(18-17-13)12-9-8-11-15-12/h12,15H,2-11H2,1H3. The van der Waals surface area contributed by atoms with Crippen LogP contribution in [0, 0.1) is 0 Å². The Hall–Kier alpha value is -0.900. The van der Waals surface area contributed by atoms with Crippen LogP contribution in [0.4, 0.5) is 0 Å². The summed E-state index contributed by atoms with van der Waals surface area (Å²) >= 11 is 0. The lowest BCUT2D eigenvalue weighted by Crippen LogP contribution is -2.13. The molecule has 102 valence electrons. The highest BCUT2D eigenvalue weighted by atomic mass is 16.5. The number of hydrogen-bond acceptors (Lipinski definition) is 4. The van der Waals surface area contributed by atoms with E-state index in [-0.39, 0.29) is 0 Å². The van der Waals surface area contributed by atoms with Crippen LogP contribution in [0.3, 0.4) is 0 Å². The largest absolute Gasteiger partial charge is 0.338 e. The SMILES string of the molecule is CCCCCCCCc1noc(C2CCCN2)n1. The van der Waals surface area contributed by atoms with Crippen LogP contribution < -0.4 is 5.32 Å². The van der Waals surface area contributed by atoms with Crippen LogP contribution in [0.15, 0.2) is 4.52 Å². The summed E-state index contributed by atoms with van der Waals surface area (Å²) in [5.74, 6) is 1.67. The molecule has 1 saturated heterocycles. The molecule has 0 radical (unpaired) electrons. The topological polar surface area (TPSA) is 51.0 Å². The summed E-state index contributed by atoms with van der Waals surface area (Å²) in [6.45, 7) is 3.32. The smallest absolute Gasteiger partial charge is 0.243 e. The van der Waals surface area contributed by atoms with E-state index in [4.69, 9.17) is 4.52 Å². The first-order valence-corrected chi connectivity index (χ1v) is 7.46. The van der Waals surface area contributed by atoms with Crippen LogP contribution >= 0.6 is 0 Å². The normalized spacial score (nSPS) is 19.5. The zero-order valence-electron chi connectivity index (χ0n) is 11.5. The molecule has 1 aliphatic heterocycles. The minimum Gasteiger partial charge on any atom is -0.338 e. The third-order valence-corrected chi connectivity index (χ3v) is 3.60. The second kappa shape index (κ2) is 7.52. The predicted molar refractivity (Wildman–Crippen MR) is 71.4 cm³/mol. The molecule has 1 aromatic rings. The molecule has 1 aliphatic rings. The van der Waals surface area contributed by atoms with E-state index < -0.39 is 0 Å². The van der Waals surface area contributed by atoms with Gasteiger partial charge in [-0.15, -0.1) is 0 Å². The summed E-state index contributed by atoms with van der Waals surface area (Å²) in [5.41, 5.74) is 0. The Morgan fingerprint density at radius 1 is 1.22 bits per heavy atom. The van der Waals surface area contributed by atoms with Crippen molar-refractivity contribution >= 4 is 0 Å². The lowest BCUT2D eigenvalue weighted by molar-refractivity contribution is 0.340. The van der Waals surface area contributed by atoms with Crippen molar-refractivity contribution in [1.29, 1.82) is 0 Å². The van der Waals surface area contributed by atoms with E-state index in [1.165, 1.54) is 44.9 Å². The van der Waals surface area contributed by atoms with Gasteiger partial charge in [0, 0.05) is 6.42 Å². The van der Waals surface area contributed by atoms with Crippen molar-refractivity contribution < 1.29 is 4.52 Å². The first-order chi connectivity index (χ1) is 8.90. The lowest BCUT2D eigenvalue weighted by Gasteiger charge is -2.01. The lowest BCUT2D eigenvalue weighted by atomic mass is 10.1. The molecule has 0 aromatic carbocycles. The van der Waals surface area contributed by atoms with Crippen LogP contribution in [-0.2, 0) is 6.42 Å². The van der Waals surface area contributed by atoms with Crippen molar-refractivity contribution in [3.05, 3.63) is 11.7 Å². The van der Waals surface area contributed by atoms with Gasteiger partial charge in [0.15, 0.2) is 5.82 Å². The minimum atomic E-state index is 0.302. The molecular weight excluding hydrogens is 226 g/mol. The summed E-state index contributed by atoms with van der Waals surface area (Å²) in [6.07, 6.45) is 11.1. The Balaban J connectivity index is 1.64. The summed E-state index contributed by atoms with van der Waals surface area (Å²) in [6, 6.07) is 0.302. The van der Waals surface area contributed by atoms with Gasteiger partial charge in [0.25, 0.3) is 0 Å². The second-order valence-electron chi connectivity index (χ2n) is 5.22. The molecule has 4 heteroatoms. The molecule has 4 nitrogen and oxygen atoms in total. The highest BCUT2D eigenvalue weighted by Crippen LogP contribution is 2.21. The summed E-state index contributed by atoms with van der Waals surface area (Å²) < 4.78 is 5.32. The zero-order valence-corrected chi connectivity index (χ0v) is 11.5. The van der Waals surface area contributed by atoms with Gasteiger partial charge in [-0.1, -0.05) is 44.2 Å². The zero-order chi connectivity index (χ0) is 12.6. The van der Waals surface area contributed by atoms with Crippen molar-refractivity contribution in [2.45, 2.75) is 70.8 Å². The van der Waals surface area contributed by atoms with E-state index in [0.717, 1.165) is 31.1 Å². The minimum absolute atomic E-state index is 0.302. The second-order valence-corrected chi connectivity index (χ2v) is 5.22. The molecular formula is C14H25N3O. The fraction of sp³-hybridized carbons (Fsp3) is 0.857. The first kappa shape index (κ1) is 13.5. The molecule has 0 amide bonds. The van der Waals surface area contributed by atoms with Crippen LogP contribution in [0.2, 0.25) is 0 Å². The monoisotopic (exact) mass is 251 g/mol. The molecule has 0 saturated carbocycles. The highest BCUT2D eigenvalue weighted by Gasteiger charge is 2.21. The number of rotatable bonds is 8. The van der Waals surface area contributed by atoms with Crippen molar-refractivity contribution in [1.82, 2.24) is 15.5 Å². The molecule has 18 heavy (non-hydrogen) atoms.